The number of nitrogens with zero attached hydrogens (tertiary/aromatic N) is 2. The van der Waals surface area contributed by atoms with Crippen LogP contribution in [0.2, 0.25) is 5.02 Å². The molecule has 148 valence electrons. The number of aromatic nitrogens is 2. The van der Waals surface area contributed by atoms with Gasteiger partial charge in [0.05, 0.1) is 17.2 Å². The van der Waals surface area contributed by atoms with Crippen molar-refractivity contribution < 1.29 is 19.1 Å². The minimum atomic E-state index is -0.739. The number of amides is 3. The Kier molecular flexibility index (Phi) is 5.05. The largest absolute Gasteiger partial charge is 0.486 e. The van der Waals surface area contributed by atoms with Crippen LogP contribution in [-0.4, -0.2) is 34.7 Å². The lowest BCUT2D eigenvalue weighted by molar-refractivity contribution is -0.120. The Morgan fingerprint density at radius 3 is 2.72 bits per heavy atom. The molecule has 0 bridgehead atoms. The molecule has 0 saturated heterocycles. The van der Waals surface area contributed by atoms with Crippen molar-refractivity contribution in [3.8, 4) is 11.5 Å². The Morgan fingerprint density at radius 1 is 1.10 bits per heavy atom. The molecule has 0 spiro atoms. The molecule has 29 heavy (non-hydrogen) atoms. The highest BCUT2D eigenvalue weighted by molar-refractivity contribution is 6.31. The summed E-state index contributed by atoms with van der Waals surface area (Å²) in [4.78, 5) is 40.9. The molecule has 1 aliphatic heterocycles. The van der Waals surface area contributed by atoms with Crippen molar-refractivity contribution in [2.45, 2.75) is 6.54 Å². The van der Waals surface area contributed by atoms with E-state index in [1.165, 1.54) is 12.4 Å². The molecule has 2 N–H and O–H groups in total. The quantitative estimate of drug-likeness (QED) is 0.679. The fourth-order valence-corrected chi connectivity index (χ4v) is 3.02. The zero-order valence-corrected chi connectivity index (χ0v) is 15.7. The molecule has 0 saturated carbocycles. The van der Waals surface area contributed by atoms with Crippen LogP contribution >= 0.6 is 11.6 Å². The lowest BCUT2D eigenvalue weighted by Crippen LogP contribution is -2.38. The van der Waals surface area contributed by atoms with Crippen molar-refractivity contribution in [1.29, 1.82) is 0 Å². The number of halogens is 1. The van der Waals surface area contributed by atoms with Crippen LogP contribution in [0.1, 0.15) is 0 Å². The first-order valence-electron chi connectivity index (χ1n) is 8.65. The topological polar surface area (TPSA) is 112 Å². The van der Waals surface area contributed by atoms with E-state index >= 15 is 0 Å². The van der Waals surface area contributed by atoms with Gasteiger partial charge in [0.25, 0.3) is 5.56 Å². The van der Waals surface area contributed by atoms with Gasteiger partial charge in [-0.2, -0.15) is 0 Å². The normalized spacial score (nSPS) is 12.4. The number of hydrogen-bond donors (Lipinski definition) is 2. The molecule has 4 rings (SSSR count). The summed E-state index contributed by atoms with van der Waals surface area (Å²) in [7, 11) is 0. The van der Waals surface area contributed by atoms with Gasteiger partial charge in [0.15, 0.2) is 11.5 Å². The summed E-state index contributed by atoms with van der Waals surface area (Å²) in [5.41, 5.74) is 0.464. The van der Waals surface area contributed by atoms with Crippen molar-refractivity contribution in [3.05, 3.63) is 58.1 Å². The van der Waals surface area contributed by atoms with Crippen molar-refractivity contribution >= 4 is 40.1 Å². The lowest BCUT2D eigenvalue weighted by Gasteiger charge is -2.19. The second-order valence-corrected chi connectivity index (χ2v) is 6.64. The highest BCUT2D eigenvalue weighted by Gasteiger charge is 2.15. The summed E-state index contributed by atoms with van der Waals surface area (Å²) in [6.07, 6.45) is 1.25. The Balaban J connectivity index is 1.42. The maximum absolute atomic E-state index is 12.5. The highest BCUT2D eigenvalue weighted by atomic mass is 35.5. The number of anilines is 1. The first-order valence-corrected chi connectivity index (χ1v) is 9.02. The zero-order valence-electron chi connectivity index (χ0n) is 15.0. The second-order valence-electron chi connectivity index (χ2n) is 6.20. The van der Waals surface area contributed by atoms with E-state index in [1.54, 1.807) is 30.3 Å². The molecular weight excluding hydrogens is 400 g/mol. The standard InChI is InChI=1S/C19H15ClN4O5/c20-11-1-3-14-13(7-11)18(26)24(10-21-14)9-17(25)23-19(27)22-12-2-4-15-16(8-12)29-6-5-28-15/h1-4,7-8,10H,5-6,9H2,(H2,22,23,25,27). The van der Waals surface area contributed by atoms with Crippen molar-refractivity contribution in [1.82, 2.24) is 14.9 Å². The Labute approximate surface area is 169 Å². The Morgan fingerprint density at radius 2 is 1.90 bits per heavy atom. The minimum Gasteiger partial charge on any atom is -0.486 e. The van der Waals surface area contributed by atoms with E-state index in [9.17, 15) is 14.4 Å². The van der Waals surface area contributed by atoms with Gasteiger partial charge in [-0.05, 0) is 30.3 Å². The van der Waals surface area contributed by atoms with Crippen LogP contribution in [0.15, 0.2) is 47.5 Å². The van der Waals surface area contributed by atoms with E-state index in [4.69, 9.17) is 21.1 Å². The molecule has 0 unspecified atom stereocenters. The van der Waals surface area contributed by atoms with Gasteiger partial charge in [0.1, 0.15) is 19.8 Å². The second kappa shape index (κ2) is 7.80. The number of carbonyl (C=O) groups is 2. The summed E-state index contributed by atoms with van der Waals surface area (Å²) < 4.78 is 12.0. The van der Waals surface area contributed by atoms with Gasteiger partial charge in [-0.15, -0.1) is 0 Å². The van der Waals surface area contributed by atoms with E-state index < -0.39 is 17.5 Å². The Hall–Kier alpha value is -3.59. The molecule has 1 aromatic heterocycles. The third kappa shape index (κ3) is 4.14. The van der Waals surface area contributed by atoms with Gasteiger partial charge in [0, 0.05) is 16.8 Å². The molecule has 0 atom stereocenters. The molecule has 3 aromatic rings. The number of hydrogen-bond acceptors (Lipinski definition) is 6. The van der Waals surface area contributed by atoms with Gasteiger partial charge in [-0.3, -0.25) is 19.5 Å². The van der Waals surface area contributed by atoms with Crippen LogP contribution in [-0.2, 0) is 11.3 Å². The number of fused-ring (bicyclic) bond motifs is 2. The predicted octanol–water partition coefficient (Wildman–Crippen LogP) is 2.17. The molecule has 2 aromatic carbocycles. The number of urea groups is 1. The molecule has 0 radical (unpaired) electrons. The van der Waals surface area contributed by atoms with Crippen molar-refractivity contribution in [3.63, 3.8) is 0 Å². The average Bonchev–Trinajstić information content (AvgIpc) is 2.70. The Bertz CT molecular complexity index is 1180. The van der Waals surface area contributed by atoms with E-state index in [-0.39, 0.29) is 11.9 Å². The molecule has 3 amide bonds. The monoisotopic (exact) mass is 414 g/mol. The van der Waals surface area contributed by atoms with Crippen LogP contribution in [0.5, 0.6) is 11.5 Å². The first-order chi connectivity index (χ1) is 14.0. The summed E-state index contributed by atoms with van der Waals surface area (Å²) in [6.45, 7) is 0.508. The van der Waals surface area contributed by atoms with Gasteiger partial charge in [-0.1, -0.05) is 11.6 Å². The van der Waals surface area contributed by atoms with Crippen LogP contribution in [0.3, 0.4) is 0 Å². The average molecular weight is 415 g/mol. The van der Waals surface area contributed by atoms with Gasteiger partial charge in [0.2, 0.25) is 5.91 Å². The SMILES string of the molecule is O=C(Cn1cnc2ccc(Cl)cc2c1=O)NC(=O)Nc1ccc2c(c1)OCCO2. The van der Waals surface area contributed by atoms with E-state index in [2.05, 4.69) is 15.6 Å². The smallest absolute Gasteiger partial charge is 0.325 e. The fraction of sp³-hybridized carbons (Fsp3) is 0.158. The summed E-state index contributed by atoms with van der Waals surface area (Å²) >= 11 is 5.91. The number of ether oxygens (including phenoxy) is 2. The lowest BCUT2D eigenvalue weighted by atomic mass is 10.2. The predicted molar refractivity (Wildman–Crippen MR) is 106 cm³/mol. The van der Waals surface area contributed by atoms with Crippen LogP contribution in [0, 0.1) is 0 Å². The number of nitrogens with one attached hydrogen (secondary N) is 2. The van der Waals surface area contributed by atoms with E-state index in [0.29, 0.717) is 40.9 Å². The fourth-order valence-electron chi connectivity index (χ4n) is 2.85. The molecule has 10 heteroatoms. The molecule has 1 aliphatic rings. The summed E-state index contributed by atoms with van der Waals surface area (Å²) in [6, 6.07) is 8.86. The maximum Gasteiger partial charge on any atom is 0.325 e. The molecule has 0 aliphatic carbocycles. The molecular formula is C19H15ClN4O5. The summed E-state index contributed by atoms with van der Waals surface area (Å²) in [5.74, 6) is 0.416. The van der Waals surface area contributed by atoms with Crippen molar-refractivity contribution in [2.24, 2.45) is 0 Å². The third-order valence-electron chi connectivity index (χ3n) is 4.15. The maximum atomic E-state index is 12.5. The first kappa shape index (κ1) is 18.8. The highest BCUT2D eigenvalue weighted by Crippen LogP contribution is 2.32. The number of rotatable bonds is 3. The van der Waals surface area contributed by atoms with Gasteiger partial charge >= 0.3 is 6.03 Å². The summed E-state index contributed by atoms with van der Waals surface area (Å²) in [5, 5.41) is 5.37. The van der Waals surface area contributed by atoms with Crippen LogP contribution in [0.25, 0.3) is 10.9 Å². The van der Waals surface area contributed by atoms with E-state index in [1.807, 2.05) is 0 Å². The van der Waals surface area contributed by atoms with Crippen LogP contribution < -0.4 is 25.7 Å². The van der Waals surface area contributed by atoms with Gasteiger partial charge in [-0.25, -0.2) is 9.78 Å². The van der Waals surface area contributed by atoms with E-state index in [0.717, 1.165) is 4.57 Å². The molecule has 0 fully saturated rings. The minimum absolute atomic E-state index is 0.286. The number of benzene rings is 2. The number of imide groups is 1. The van der Waals surface area contributed by atoms with Gasteiger partial charge < -0.3 is 14.8 Å². The number of carbonyl (C=O) groups excluding carboxylic acids is 2. The zero-order chi connectivity index (χ0) is 20.4. The molecule has 9 nitrogen and oxygen atoms in total. The third-order valence-corrected chi connectivity index (χ3v) is 4.39. The molecule has 2 heterocycles. The van der Waals surface area contributed by atoms with Crippen LogP contribution in [0.4, 0.5) is 10.5 Å². The van der Waals surface area contributed by atoms with Crippen molar-refractivity contribution in [2.75, 3.05) is 18.5 Å².